The Morgan fingerprint density at radius 2 is 1.97 bits per heavy atom. The lowest BCUT2D eigenvalue weighted by molar-refractivity contribution is 0.0921. The molecule has 0 fully saturated rings. The lowest BCUT2D eigenvalue weighted by Gasteiger charge is -2.23. The highest BCUT2D eigenvalue weighted by Gasteiger charge is 2.28. The van der Waals surface area contributed by atoms with E-state index in [0.717, 1.165) is 50.0 Å². The summed E-state index contributed by atoms with van der Waals surface area (Å²) < 4.78 is 12.5. The molecule has 0 unspecified atom stereocenters. The fraction of sp³-hybridized carbons (Fsp3) is 0.435. The van der Waals surface area contributed by atoms with Gasteiger partial charge in [0, 0.05) is 32.6 Å². The molecule has 1 amide bonds. The third kappa shape index (κ3) is 4.80. The topological polar surface area (TPSA) is 85.4 Å². The predicted octanol–water partition coefficient (Wildman–Crippen LogP) is 3.07. The molecule has 4 rings (SSSR count). The second-order valence-electron chi connectivity index (χ2n) is 8.21. The van der Waals surface area contributed by atoms with E-state index in [1.54, 1.807) is 13.2 Å². The predicted molar refractivity (Wildman–Crippen MR) is 116 cm³/mol. The van der Waals surface area contributed by atoms with Crippen LogP contribution in [0.1, 0.15) is 47.5 Å². The Kier molecular flexibility index (Phi) is 6.36. The van der Waals surface area contributed by atoms with Crippen molar-refractivity contribution in [2.45, 2.75) is 39.4 Å². The van der Waals surface area contributed by atoms with Crippen molar-refractivity contribution in [3.05, 3.63) is 65.6 Å². The van der Waals surface area contributed by atoms with Gasteiger partial charge in [-0.05, 0) is 29.7 Å². The van der Waals surface area contributed by atoms with Crippen molar-refractivity contribution >= 4 is 5.91 Å². The Labute approximate surface area is 182 Å². The molecule has 164 valence electrons. The maximum atomic E-state index is 12.6. The molecule has 0 aliphatic carbocycles. The number of benzene rings is 1. The number of ether oxygens (including phenoxy) is 1. The zero-order chi connectivity index (χ0) is 21.8. The summed E-state index contributed by atoms with van der Waals surface area (Å²) in [5.41, 5.74) is 1.76. The Morgan fingerprint density at radius 1 is 1.16 bits per heavy atom. The molecule has 1 aromatic carbocycles. The first-order valence-electron chi connectivity index (χ1n) is 10.7. The molecular weight excluding hydrogens is 394 g/mol. The summed E-state index contributed by atoms with van der Waals surface area (Å²) in [7, 11) is 1.68. The van der Waals surface area contributed by atoms with Crippen LogP contribution < -0.4 is 10.1 Å². The van der Waals surface area contributed by atoms with Crippen molar-refractivity contribution in [1.82, 2.24) is 25.0 Å². The van der Waals surface area contributed by atoms with E-state index in [1.165, 1.54) is 18.1 Å². The molecule has 1 N–H and O–H groups in total. The number of carbonyl (C=O) groups is 1. The molecule has 1 aliphatic rings. The number of furan rings is 1. The van der Waals surface area contributed by atoms with Gasteiger partial charge in [-0.2, -0.15) is 0 Å². The van der Waals surface area contributed by atoms with E-state index in [1.807, 2.05) is 12.1 Å². The fourth-order valence-electron chi connectivity index (χ4n) is 3.91. The van der Waals surface area contributed by atoms with Crippen LogP contribution in [0.25, 0.3) is 0 Å². The van der Waals surface area contributed by atoms with E-state index in [0.29, 0.717) is 5.56 Å². The van der Waals surface area contributed by atoms with Crippen molar-refractivity contribution < 1.29 is 13.9 Å². The highest BCUT2D eigenvalue weighted by molar-refractivity contribution is 5.94. The van der Waals surface area contributed by atoms with Gasteiger partial charge in [-0.3, -0.25) is 9.69 Å². The molecular formula is C23H29N5O3. The Hall–Kier alpha value is -3.13. The lowest BCUT2D eigenvalue weighted by atomic mass is 10.0. The third-order valence-electron chi connectivity index (χ3n) is 5.73. The molecule has 1 atom stereocenters. The normalized spacial score (nSPS) is 15.4. The Bertz CT molecular complexity index is 995. The maximum Gasteiger partial charge on any atom is 0.255 e. The minimum absolute atomic E-state index is 0.167. The molecule has 0 radical (unpaired) electrons. The number of methoxy groups -OCH3 is 1. The summed E-state index contributed by atoms with van der Waals surface area (Å²) in [6.07, 6.45) is 3.78. The zero-order valence-electron chi connectivity index (χ0n) is 18.2. The van der Waals surface area contributed by atoms with Gasteiger partial charge < -0.3 is 19.0 Å². The van der Waals surface area contributed by atoms with E-state index < -0.39 is 0 Å². The van der Waals surface area contributed by atoms with Crippen LogP contribution in [0.3, 0.4) is 0 Å². The van der Waals surface area contributed by atoms with E-state index in [2.05, 4.69) is 51.0 Å². The molecule has 0 spiro atoms. The maximum absolute atomic E-state index is 12.6. The Morgan fingerprint density at radius 3 is 2.65 bits per heavy atom. The molecule has 0 saturated heterocycles. The minimum atomic E-state index is -0.225. The van der Waals surface area contributed by atoms with Gasteiger partial charge in [0.2, 0.25) is 0 Å². The molecule has 31 heavy (non-hydrogen) atoms. The van der Waals surface area contributed by atoms with E-state index >= 15 is 0 Å². The van der Waals surface area contributed by atoms with Gasteiger partial charge in [0.05, 0.1) is 25.0 Å². The summed E-state index contributed by atoms with van der Waals surface area (Å²) in [5, 5.41) is 12.0. The Balaban J connectivity index is 1.46. The summed E-state index contributed by atoms with van der Waals surface area (Å²) in [4.78, 5) is 15.0. The van der Waals surface area contributed by atoms with Crippen LogP contribution in [0.5, 0.6) is 5.75 Å². The number of hydrogen-bond acceptors (Lipinski definition) is 6. The van der Waals surface area contributed by atoms with Crippen LogP contribution in [0.2, 0.25) is 0 Å². The molecule has 3 heterocycles. The largest absolute Gasteiger partial charge is 0.497 e. The zero-order valence-corrected chi connectivity index (χ0v) is 18.2. The number of nitrogens with one attached hydrogen (secondary N) is 1. The number of fused-ring (bicyclic) bond motifs is 1. The molecule has 1 aliphatic heterocycles. The second kappa shape index (κ2) is 9.34. The SMILES string of the molecule is COc1ccc(CN2CCc3nnc([C@H](NC(=O)c4ccoc4)C(C)C)n3CC2)cc1. The lowest BCUT2D eigenvalue weighted by Crippen LogP contribution is -2.34. The van der Waals surface area contributed by atoms with Gasteiger partial charge in [0.15, 0.2) is 5.82 Å². The summed E-state index contributed by atoms with van der Waals surface area (Å²) in [6, 6.07) is 9.64. The first-order valence-corrected chi connectivity index (χ1v) is 10.7. The molecule has 0 bridgehead atoms. The van der Waals surface area contributed by atoms with Crippen LogP contribution >= 0.6 is 0 Å². The van der Waals surface area contributed by atoms with E-state index in [-0.39, 0.29) is 17.9 Å². The number of hydrogen-bond donors (Lipinski definition) is 1. The summed E-state index contributed by atoms with van der Waals surface area (Å²) in [6.45, 7) is 7.63. The monoisotopic (exact) mass is 423 g/mol. The fourth-order valence-corrected chi connectivity index (χ4v) is 3.91. The standard InChI is InChI=1S/C23H29N5O3/c1-16(2)21(24-23(29)18-9-13-31-15-18)22-26-25-20-8-10-27(11-12-28(20)22)14-17-4-6-19(30-3)7-5-17/h4-7,9,13,15-16,21H,8,10-12,14H2,1-3H3,(H,24,29)/t21-/m1/s1. The molecule has 0 saturated carbocycles. The van der Waals surface area contributed by atoms with Gasteiger partial charge >= 0.3 is 0 Å². The van der Waals surface area contributed by atoms with Crippen molar-refractivity contribution in [3.8, 4) is 5.75 Å². The first-order chi connectivity index (χ1) is 15.0. The molecule has 3 aromatic rings. The van der Waals surface area contributed by atoms with Gasteiger partial charge in [-0.15, -0.1) is 10.2 Å². The van der Waals surface area contributed by atoms with Crippen LogP contribution in [0.15, 0.2) is 47.3 Å². The van der Waals surface area contributed by atoms with E-state index in [4.69, 9.17) is 9.15 Å². The minimum Gasteiger partial charge on any atom is -0.497 e. The van der Waals surface area contributed by atoms with Gasteiger partial charge in [0.25, 0.3) is 5.91 Å². The van der Waals surface area contributed by atoms with Gasteiger partial charge in [-0.1, -0.05) is 26.0 Å². The van der Waals surface area contributed by atoms with Gasteiger partial charge in [0.1, 0.15) is 17.8 Å². The first kappa shape index (κ1) is 21.1. The van der Waals surface area contributed by atoms with Crippen LogP contribution in [0.4, 0.5) is 0 Å². The number of aromatic nitrogens is 3. The van der Waals surface area contributed by atoms with E-state index in [9.17, 15) is 4.79 Å². The number of carbonyl (C=O) groups excluding carboxylic acids is 1. The smallest absolute Gasteiger partial charge is 0.255 e. The summed E-state index contributed by atoms with van der Waals surface area (Å²) in [5.74, 6) is 2.65. The second-order valence-corrected chi connectivity index (χ2v) is 8.21. The van der Waals surface area contributed by atoms with Crippen molar-refractivity contribution in [2.75, 3.05) is 20.2 Å². The third-order valence-corrected chi connectivity index (χ3v) is 5.73. The van der Waals surface area contributed by atoms with Crippen LogP contribution in [0, 0.1) is 5.92 Å². The average Bonchev–Trinajstić information content (AvgIpc) is 3.40. The number of rotatable bonds is 7. The summed E-state index contributed by atoms with van der Waals surface area (Å²) >= 11 is 0. The average molecular weight is 424 g/mol. The van der Waals surface area contributed by atoms with Crippen molar-refractivity contribution in [3.63, 3.8) is 0 Å². The number of amides is 1. The van der Waals surface area contributed by atoms with Crippen LogP contribution in [-0.2, 0) is 19.5 Å². The quantitative estimate of drug-likeness (QED) is 0.629. The number of nitrogens with zero attached hydrogens (tertiary/aromatic N) is 4. The van der Waals surface area contributed by atoms with Crippen molar-refractivity contribution in [1.29, 1.82) is 0 Å². The van der Waals surface area contributed by atoms with Crippen molar-refractivity contribution in [2.24, 2.45) is 5.92 Å². The van der Waals surface area contributed by atoms with Crippen LogP contribution in [-0.4, -0.2) is 45.8 Å². The molecule has 8 nitrogen and oxygen atoms in total. The molecule has 8 heteroatoms. The highest BCUT2D eigenvalue weighted by Crippen LogP contribution is 2.23. The van der Waals surface area contributed by atoms with Gasteiger partial charge in [-0.25, -0.2) is 0 Å². The highest BCUT2D eigenvalue weighted by atomic mass is 16.5. The molecule has 2 aromatic heterocycles.